The first-order valence-electron chi connectivity index (χ1n) is 9.18. The topological polar surface area (TPSA) is 71.3 Å². The Morgan fingerprint density at radius 3 is 2.50 bits per heavy atom. The Hall–Kier alpha value is -3.20. The summed E-state index contributed by atoms with van der Waals surface area (Å²) < 4.78 is 43.2. The second-order valence-corrected chi connectivity index (χ2v) is 7.05. The molecule has 6 nitrogen and oxygen atoms in total. The van der Waals surface area contributed by atoms with Crippen molar-refractivity contribution in [3.63, 3.8) is 0 Å². The molecule has 0 atom stereocenters. The van der Waals surface area contributed by atoms with E-state index in [4.69, 9.17) is 4.52 Å². The Balaban J connectivity index is 1.58. The maximum Gasteiger partial charge on any atom is 0.416 e. The van der Waals surface area contributed by atoms with Gasteiger partial charge in [0, 0.05) is 11.3 Å². The van der Waals surface area contributed by atoms with Crippen LogP contribution in [-0.2, 0) is 17.5 Å². The van der Waals surface area contributed by atoms with Gasteiger partial charge in [0.05, 0.1) is 18.7 Å². The monoisotopic (exact) mass is 418 g/mol. The standard InChI is InChI=1S/C21H21F3N4O2/c1-13-5-4-6-17(14(13)2)25-18(29)11-28(3)12-19-26-20(27-30-19)15-7-9-16(10-8-15)21(22,23)24/h4-10H,11-12H2,1-3H3,(H,25,29). The molecule has 1 heterocycles. The number of hydrogen-bond donors (Lipinski definition) is 1. The molecule has 3 rings (SSSR count). The molecule has 30 heavy (non-hydrogen) atoms. The van der Waals surface area contributed by atoms with E-state index in [-0.39, 0.29) is 30.7 Å². The molecule has 9 heteroatoms. The van der Waals surface area contributed by atoms with Crippen LogP contribution in [0.2, 0.25) is 0 Å². The summed E-state index contributed by atoms with van der Waals surface area (Å²) in [6, 6.07) is 10.2. The number of rotatable bonds is 6. The highest BCUT2D eigenvalue weighted by Crippen LogP contribution is 2.30. The number of likely N-dealkylation sites (N-methyl/N-ethyl adjacent to an activating group) is 1. The number of hydrogen-bond acceptors (Lipinski definition) is 5. The minimum atomic E-state index is -4.40. The zero-order chi connectivity index (χ0) is 21.9. The highest BCUT2D eigenvalue weighted by molar-refractivity contribution is 5.93. The predicted molar refractivity (Wildman–Crippen MR) is 106 cm³/mol. The molecule has 3 aromatic rings. The Kier molecular flexibility index (Phi) is 6.21. The van der Waals surface area contributed by atoms with Crippen molar-refractivity contribution in [1.82, 2.24) is 15.0 Å². The average Bonchev–Trinajstić information content (AvgIpc) is 3.13. The van der Waals surface area contributed by atoms with E-state index in [0.29, 0.717) is 5.56 Å². The molecule has 0 radical (unpaired) electrons. The number of anilines is 1. The first-order chi connectivity index (χ1) is 14.1. The van der Waals surface area contributed by atoms with Gasteiger partial charge in [-0.3, -0.25) is 9.69 Å². The molecule has 0 aliphatic carbocycles. The lowest BCUT2D eigenvalue weighted by Crippen LogP contribution is -2.30. The molecule has 0 saturated carbocycles. The van der Waals surface area contributed by atoms with Crippen molar-refractivity contribution in [1.29, 1.82) is 0 Å². The number of halogens is 3. The van der Waals surface area contributed by atoms with Gasteiger partial charge >= 0.3 is 6.18 Å². The second kappa shape index (κ2) is 8.66. The van der Waals surface area contributed by atoms with Crippen LogP contribution in [0, 0.1) is 13.8 Å². The number of nitrogens with one attached hydrogen (secondary N) is 1. The molecule has 0 aliphatic rings. The lowest BCUT2D eigenvalue weighted by Gasteiger charge is -2.15. The van der Waals surface area contributed by atoms with E-state index in [1.165, 1.54) is 12.1 Å². The third kappa shape index (κ3) is 5.24. The summed E-state index contributed by atoms with van der Waals surface area (Å²) in [6.45, 7) is 4.23. The van der Waals surface area contributed by atoms with Crippen LogP contribution in [0.1, 0.15) is 22.6 Å². The fourth-order valence-electron chi connectivity index (χ4n) is 2.85. The van der Waals surface area contributed by atoms with Gasteiger partial charge in [-0.05, 0) is 50.2 Å². The van der Waals surface area contributed by atoms with E-state index in [0.717, 1.165) is 28.9 Å². The number of carbonyl (C=O) groups is 1. The Morgan fingerprint density at radius 2 is 1.83 bits per heavy atom. The molecule has 1 aromatic heterocycles. The van der Waals surface area contributed by atoms with E-state index in [9.17, 15) is 18.0 Å². The minimum absolute atomic E-state index is 0.103. The molecule has 158 valence electrons. The molecular formula is C21H21F3N4O2. The highest BCUT2D eigenvalue weighted by Gasteiger charge is 2.30. The van der Waals surface area contributed by atoms with E-state index < -0.39 is 11.7 Å². The fourth-order valence-corrected chi connectivity index (χ4v) is 2.85. The number of aryl methyl sites for hydroxylation is 1. The third-order valence-corrected chi connectivity index (χ3v) is 4.64. The lowest BCUT2D eigenvalue weighted by molar-refractivity contribution is -0.137. The zero-order valence-electron chi connectivity index (χ0n) is 16.7. The van der Waals surface area contributed by atoms with Crippen LogP contribution in [0.5, 0.6) is 0 Å². The number of amides is 1. The zero-order valence-corrected chi connectivity index (χ0v) is 16.7. The number of aromatic nitrogens is 2. The minimum Gasteiger partial charge on any atom is -0.338 e. The van der Waals surface area contributed by atoms with Gasteiger partial charge in [0.15, 0.2) is 0 Å². The molecule has 0 spiro atoms. The largest absolute Gasteiger partial charge is 0.416 e. The van der Waals surface area contributed by atoms with Crippen molar-refractivity contribution in [3.8, 4) is 11.4 Å². The maximum atomic E-state index is 12.7. The molecule has 1 amide bonds. The molecule has 2 aromatic carbocycles. The van der Waals surface area contributed by atoms with Crippen molar-refractivity contribution >= 4 is 11.6 Å². The van der Waals surface area contributed by atoms with Crippen LogP contribution >= 0.6 is 0 Å². The first-order valence-corrected chi connectivity index (χ1v) is 9.18. The summed E-state index contributed by atoms with van der Waals surface area (Å²) in [7, 11) is 1.73. The normalized spacial score (nSPS) is 11.7. The SMILES string of the molecule is Cc1cccc(NC(=O)CN(C)Cc2nc(-c3ccc(C(F)(F)F)cc3)no2)c1C. The first kappa shape index (κ1) is 21.5. The second-order valence-electron chi connectivity index (χ2n) is 7.05. The summed E-state index contributed by atoms with van der Waals surface area (Å²) in [6.07, 6.45) is -4.40. The van der Waals surface area contributed by atoms with Crippen molar-refractivity contribution in [2.45, 2.75) is 26.6 Å². The van der Waals surface area contributed by atoms with Crippen LogP contribution in [0.15, 0.2) is 47.0 Å². The Bertz CT molecular complexity index is 1030. The van der Waals surface area contributed by atoms with Crippen molar-refractivity contribution in [2.75, 3.05) is 18.9 Å². The van der Waals surface area contributed by atoms with Crippen LogP contribution < -0.4 is 5.32 Å². The maximum absolute atomic E-state index is 12.7. The third-order valence-electron chi connectivity index (χ3n) is 4.64. The van der Waals surface area contributed by atoms with Crippen LogP contribution in [0.25, 0.3) is 11.4 Å². The summed E-state index contributed by atoms with van der Waals surface area (Å²) in [5.74, 6) is 0.257. The molecule has 1 N–H and O–H groups in total. The number of nitrogens with zero attached hydrogens (tertiary/aromatic N) is 3. The van der Waals surface area contributed by atoms with Crippen molar-refractivity contribution < 1.29 is 22.5 Å². The Labute approximate surface area is 171 Å². The Morgan fingerprint density at radius 1 is 1.13 bits per heavy atom. The molecular weight excluding hydrogens is 397 g/mol. The van der Waals surface area contributed by atoms with Crippen molar-refractivity contribution in [3.05, 3.63) is 65.0 Å². The lowest BCUT2D eigenvalue weighted by atomic mass is 10.1. The summed E-state index contributed by atoms with van der Waals surface area (Å²) in [5, 5.41) is 6.68. The predicted octanol–water partition coefficient (Wildman–Crippen LogP) is 4.44. The smallest absolute Gasteiger partial charge is 0.338 e. The van der Waals surface area contributed by atoms with Gasteiger partial charge in [-0.15, -0.1) is 0 Å². The van der Waals surface area contributed by atoms with E-state index >= 15 is 0 Å². The fraction of sp³-hybridized carbons (Fsp3) is 0.286. The van der Waals surface area contributed by atoms with Gasteiger partial charge in [-0.1, -0.05) is 29.4 Å². The summed E-state index contributed by atoms with van der Waals surface area (Å²) in [5.41, 5.74) is 2.52. The van der Waals surface area contributed by atoms with Crippen LogP contribution in [0.3, 0.4) is 0 Å². The molecule has 0 bridgehead atoms. The van der Waals surface area contributed by atoms with Gasteiger partial charge in [0.1, 0.15) is 0 Å². The molecule has 0 fully saturated rings. The summed E-state index contributed by atoms with van der Waals surface area (Å²) in [4.78, 5) is 18.2. The quantitative estimate of drug-likeness (QED) is 0.641. The van der Waals surface area contributed by atoms with Gasteiger partial charge in [-0.2, -0.15) is 18.2 Å². The van der Waals surface area contributed by atoms with Crippen LogP contribution in [-0.4, -0.2) is 34.5 Å². The van der Waals surface area contributed by atoms with E-state index in [2.05, 4.69) is 15.5 Å². The van der Waals surface area contributed by atoms with E-state index in [1.54, 1.807) is 11.9 Å². The van der Waals surface area contributed by atoms with E-state index in [1.807, 2.05) is 32.0 Å². The van der Waals surface area contributed by atoms with Gasteiger partial charge in [-0.25, -0.2) is 0 Å². The van der Waals surface area contributed by atoms with Gasteiger partial charge in [0.25, 0.3) is 0 Å². The van der Waals surface area contributed by atoms with Crippen LogP contribution in [0.4, 0.5) is 18.9 Å². The summed E-state index contributed by atoms with van der Waals surface area (Å²) >= 11 is 0. The van der Waals surface area contributed by atoms with Crippen molar-refractivity contribution in [2.24, 2.45) is 0 Å². The number of alkyl halides is 3. The molecule has 0 saturated heterocycles. The van der Waals surface area contributed by atoms with Gasteiger partial charge in [0.2, 0.25) is 17.6 Å². The number of carbonyl (C=O) groups excluding carboxylic acids is 1. The van der Waals surface area contributed by atoms with Gasteiger partial charge < -0.3 is 9.84 Å². The number of benzene rings is 2. The highest BCUT2D eigenvalue weighted by atomic mass is 19.4. The molecule has 0 unspecified atom stereocenters. The molecule has 0 aliphatic heterocycles. The average molecular weight is 418 g/mol.